The fraction of sp³-hybridized carbons (Fsp3) is 0.471. The number of alkyl halides is 6. The minimum absolute atomic E-state index is 0.128. The second kappa shape index (κ2) is 9.31. The van der Waals surface area contributed by atoms with E-state index >= 15 is 0 Å². The van der Waals surface area contributed by atoms with Gasteiger partial charge in [-0.05, 0) is 12.1 Å². The summed E-state index contributed by atoms with van der Waals surface area (Å²) in [5, 5.41) is 3.63. The number of ether oxygens (including phenoxy) is 2. The molecular formula is C17H16F6N4O4. The van der Waals surface area contributed by atoms with Crippen LogP contribution < -0.4 is 0 Å². The summed E-state index contributed by atoms with van der Waals surface area (Å²) in [6, 6.07) is 1.11. The Labute approximate surface area is 171 Å². The highest BCUT2D eigenvalue weighted by Crippen LogP contribution is 2.33. The second-order valence-corrected chi connectivity index (χ2v) is 6.13. The van der Waals surface area contributed by atoms with E-state index in [1.165, 1.54) is 0 Å². The summed E-state index contributed by atoms with van der Waals surface area (Å²) in [5.74, 6) is -2.43. The third kappa shape index (κ3) is 6.39. The van der Waals surface area contributed by atoms with Crippen LogP contribution in [-0.4, -0.2) is 45.9 Å². The van der Waals surface area contributed by atoms with E-state index in [0.717, 1.165) is 14.2 Å². The Bertz CT molecular complexity index is 955. The molecule has 0 aliphatic carbocycles. The molecule has 0 saturated carbocycles. The molecule has 0 fully saturated rings. The molecular weight excluding hydrogens is 438 g/mol. The Hall–Kier alpha value is -3.19. The summed E-state index contributed by atoms with van der Waals surface area (Å²) in [6.45, 7) is 0. The summed E-state index contributed by atoms with van der Waals surface area (Å²) in [6.07, 6.45) is -11.2. The van der Waals surface area contributed by atoms with Gasteiger partial charge in [-0.3, -0.25) is 9.59 Å². The van der Waals surface area contributed by atoms with E-state index in [2.05, 4.69) is 24.5 Å². The average Bonchev–Trinajstić information content (AvgIpc) is 3.14. The van der Waals surface area contributed by atoms with Crippen molar-refractivity contribution in [3.05, 3.63) is 34.9 Å². The highest BCUT2D eigenvalue weighted by Gasteiger charge is 2.38. The molecule has 14 heteroatoms. The predicted molar refractivity (Wildman–Crippen MR) is 89.8 cm³/mol. The van der Waals surface area contributed by atoms with Gasteiger partial charge in [0.05, 0.1) is 32.8 Å². The maximum absolute atomic E-state index is 13.5. The van der Waals surface area contributed by atoms with Crippen LogP contribution in [0.4, 0.5) is 26.3 Å². The molecule has 2 aromatic heterocycles. The van der Waals surface area contributed by atoms with Gasteiger partial charge in [-0.2, -0.15) is 36.1 Å². The molecule has 2 rings (SSSR count). The lowest BCUT2D eigenvalue weighted by atomic mass is 10.2. The standard InChI is InChI=1S/C17H16F6N4O4/c1-30-13(28)5-3-9-7-11(16(18,19)20)25-15(24-9)27-12(17(21,22)23)8-10(26-27)4-6-14(29)31-2/h7-8H,3-6H2,1-2H3. The quantitative estimate of drug-likeness (QED) is 0.469. The van der Waals surface area contributed by atoms with E-state index in [1.807, 2.05) is 0 Å². The van der Waals surface area contributed by atoms with Crippen LogP contribution in [0.1, 0.15) is 35.6 Å². The molecule has 8 nitrogen and oxygen atoms in total. The SMILES string of the molecule is COC(=O)CCc1cc(C(F)(F)F)nc(-n2nc(CCC(=O)OC)cc2C(F)(F)F)n1. The Morgan fingerprint density at radius 1 is 0.871 bits per heavy atom. The van der Waals surface area contributed by atoms with Gasteiger partial charge < -0.3 is 9.47 Å². The third-order valence-electron chi connectivity index (χ3n) is 3.92. The molecule has 0 aliphatic rings. The number of halogens is 6. The number of hydrogen-bond donors (Lipinski definition) is 0. The number of aromatic nitrogens is 4. The van der Waals surface area contributed by atoms with E-state index in [4.69, 9.17) is 0 Å². The Morgan fingerprint density at radius 3 is 1.90 bits per heavy atom. The van der Waals surface area contributed by atoms with Gasteiger partial charge >= 0.3 is 24.3 Å². The largest absolute Gasteiger partial charge is 0.469 e. The lowest BCUT2D eigenvalue weighted by molar-refractivity contribution is -0.143. The number of nitrogens with zero attached hydrogens (tertiary/aromatic N) is 4. The van der Waals surface area contributed by atoms with Gasteiger partial charge in [0.25, 0.3) is 5.95 Å². The van der Waals surface area contributed by atoms with Crippen molar-refractivity contribution in [2.45, 2.75) is 38.0 Å². The average molecular weight is 454 g/mol. The topological polar surface area (TPSA) is 96.2 Å². The van der Waals surface area contributed by atoms with Gasteiger partial charge in [0.2, 0.25) is 0 Å². The Kier molecular flexibility index (Phi) is 7.23. The lowest BCUT2D eigenvalue weighted by Gasteiger charge is -2.13. The summed E-state index contributed by atoms with van der Waals surface area (Å²) < 4.78 is 89.0. The summed E-state index contributed by atoms with van der Waals surface area (Å²) in [4.78, 5) is 29.4. The van der Waals surface area contributed by atoms with Crippen LogP contribution in [0.25, 0.3) is 5.95 Å². The van der Waals surface area contributed by atoms with Crippen LogP contribution >= 0.6 is 0 Å². The minimum Gasteiger partial charge on any atom is -0.469 e. The second-order valence-electron chi connectivity index (χ2n) is 6.13. The van der Waals surface area contributed by atoms with Crippen molar-refractivity contribution in [1.82, 2.24) is 19.7 Å². The molecule has 0 saturated heterocycles. The maximum Gasteiger partial charge on any atom is 0.433 e. The first-order valence-corrected chi connectivity index (χ1v) is 8.60. The summed E-state index contributed by atoms with van der Waals surface area (Å²) in [7, 11) is 2.17. The normalized spacial score (nSPS) is 12.0. The fourth-order valence-corrected chi connectivity index (χ4v) is 2.42. The minimum atomic E-state index is -5.00. The van der Waals surface area contributed by atoms with Crippen molar-refractivity contribution < 1.29 is 45.4 Å². The van der Waals surface area contributed by atoms with Crippen molar-refractivity contribution in [1.29, 1.82) is 0 Å². The molecule has 0 amide bonds. The first-order chi connectivity index (χ1) is 14.3. The van der Waals surface area contributed by atoms with Crippen molar-refractivity contribution in [3.8, 4) is 5.95 Å². The Balaban J connectivity index is 2.54. The monoisotopic (exact) mass is 454 g/mol. The van der Waals surface area contributed by atoms with Crippen LogP contribution in [0, 0.1) is 0 Å². The van der Waals surface area contributed by atoms with Gasteiger partial charge in [-0.25, -0.2) is 9.97 Å². The molecule has 0 N–H and O–H groups in total. The lowest BCUT2D eigenvalue weighted by Crippen LogP contribution is -2.19. The first kappa shape index (κ1) is 24.1. The van der Waals surface area contributed by atoms with Gasteiger partial charge in [-0.15, -0.1) is 0 Å². The van der Waals surface area contributed by atoms with Crippen LogP contribution in [-0.2, 0) is 44.3 Å². The van der Waals surface area contributed by atoms with Crippen LogP contribution in [0.3, 0.4) is 0 Å². The predicted octanol–water partition coefficient (Wildman–Crippen LogP) is 2.91. The molecule has 0 aromatic carbocycles. The Morgan fingerprint density at radius 2 is 1.42 bits per heavy atom. The number of methoxy groups -OCH3 is 2. The van der Waals surface area contributed by atoms with E-state index in [-0.39, 0.29) is 41.8 Å². The molecule has 2 aromatic rings. The highest BCUT2D eigenvalue weighted by atomic mass is 19.4. The number of hydrogen-bond acceptors (Lipinski definition) is 7. The summed E-state index contributed by atoms with van der Waals surface area (Å²) in [5.41, 5.74) is -3.49. The highest BCUT2D eigenvalue weighted by molar-refractivity contribution is 5.69. The molecule has 0 spiro atoms. The van der Waals surface area contributed by atoms with E-state index < -0.39 is 41.6 Å². The number of carbonyl (C=O) groups excluding carboxylic acids is 2. The maximum atomic E-state index is 13.5. The van der Waals surface area contributed by atoms with Gasteiger partial charge in [0.1, 0.15) is 5.69 Å². The zero-order valence-corrected chi connectivity index (χ0v) is 16.2. The van der Waals surface area contributed by atoms with Crippen molar-refractivity contribution in [2.75, 3.05) is 14.2 Å². The molecule has 0 unspecified atom stereocenters. The van der Waals surface area contributed by atoms with Crippen LogP contribution in [0.5, 0.6) is 0 Å². The first-order valence-electron chi connectivity index (χ1n) is 8.60. The molecule has 170 valence electrons. The van der Waals surface area contributed by atoms with Crippen molar-refractivity contribution >= 4 is 11.9 Å². The molecule has 0 aliphatic heterocycles. The fourth-order valence-electron chi connectivity index (χ4n) is 2.42. The molecule has 0 bridgehead atoms. The van der Waals surface area contributed by atoms with Gasteiger partial charge in [0, 0.05) is 18.5 Å². The molecule has 0 radical (unpaired) electrons. The van der Waals surface area contributed by atoms with Gasteiger partial charge in [-0.1, -0.05) is 0 Å². The number of esters is 2. The molecule has 0 atom stereocenters. The summed E-state index contributed by atoms with van der Waals surface area (Å²) >= 11 is 0. The number of carbonyl (C=O) groups is 2. The number of rotatable bonds is 7. The van der Waals surface area contributed by atoms with Crippen LogP contribution in [0.15, 0.2) is 12.1 Å². The van der Waals surface area contributed by atoms with Gasteiger partial charge in [0.15, 0.2) is 5.69 Å². The van der Waals surface area contributed by atoms with E-state index in [9.17, 15) is 35.9 Å². The van der Waals surface area contributed by atoms with Crippen LogP contribution in [0.2, 0.25) is 0 Å². The molecule has 31 heavy (non-hydrogen) atoms. The van der Waals surface area contributed by atoms with Crippen molar-refractivity contribution in [2.24, 2.45) is 0 Å². The van der Waals surface area contributed by atoms with E-state index in [0.29, 0.717) is 12.1 Å². The smallest absolute Gasteiger partial charge is 0.433 e. The third-order valence-corrected chi connectivity index (χ3v) is 3.92. The zero-order valence-electron chi connectivity index (χ0n) is 16.2. The van der Waals surface area contributed by atoms with Crippen molar-refractivity contribution in [3.63, 3.8) is 0 Å². The number of aryl methyl sites for hydroxylation is 2. The van der Waals surface area contributed by atoms with E-state index in [1.54, 1.807) is 0 Å². The zero-order chi connectivity index (χ0) is 23.4. The molecule has 2 heterocycles.